The first-order chi connectivity index (χ1) is 11.2. The number of fused-ring (bicyclic) bond motifs is 1. The van der Waals surface area contributed by atoms with Crippen LogP contribution in [-0.4, -0.2) is 33.2 Å². The third kappa shape index (κ3) is 2.75. The SMILES string of the molecule is COc1cccc([C@@H]2Oc3cc(OC)ccc3C(=O)[C@H]2OC)c1. The minimum atomic E-state index is -0.706. The van der Waals surface area contributed by atoms with Crippen LogP contribution in [0.5, 0.6) is 17.2 Å². The molecule has 5 heteroatoms. The van der Waals surface area contributed by atoms with Gasteiger partial charge in [0.1, 0.15) is 17.2 Å². The van der Waals surface area contributed by atoms with Crippen molar-refractivity contribution in [1.82, 2.24) is 0 Å². The summed E-state index contributed by atoms with van der Waals surface area (Å²) < 4.78 is 21.9. The lowest BCUT2D eigenvalue weighted by molar-refractivity contribution is -0.000746. The van der Waals surface area contributed by atoms with Gasteiger partial charge in [0.05, 0.1) is 19.8 Å². The van der Waals surface area contributed by atoms with Gasteiger partial charge in [-0.15, -0.1) is 0 Å². The first-order valence-electron chi connectivity index (χ1n) is 7.23. The molecule has 0 spiro atoms. The topological polar surface area (TPSA) is 54.0 Å². The summed E-state index contributed by atoms with van der Waals surface area (Å²) in [6.07, 6.45) is -1.25. The van der Waals surface area contributed by atoms with Crippen LogP contribution in [0.4, 0.5) is 0 Å². The van der Waals surface area contributed by atoms with Gasteiger partial charge in [0, 0.05) is 13.2 Å². The fourth-order valence-electron chi connectivity index (χ4n) is 2.71. The van der Waals surface area contributed by atoms with Crippen molar-refractivity contribution in [3.63, 3.8) is 0 Å². The van der Waals surface area contributed by atoms with Gasteiger partial charge in [-0.1, -0.05) is 12.1 Å². The fourth-order valence-corrected chi connectivity index (χ4v) is 2.71. The summed E-state index contributed by atoms with van der Waals surface area (Å²) in [5.74, 6) is 1.72. The average molecular weight is 314 g/mol. The van der Waals surface area contributed by atoms with Crippen LogP contribution in [0.1, 0.15) is 22.0 Å². The maximum absolute atomic E-state index is 12.7. The number of ketones is 1. The minimum absolute atomic E-state index is 0.107. The Labute approximate surface area is 134 Å². The van der Waals surface area contributed by atoms with Crippen LogP contribution in [0.15, 0.2) is 42.5 Å². The van der Waals surface area contributed by atoms with Crippen molar-refractivity contribution in [2.24, 2.45) is 0 Å². The number of benzene rings is 2. The molecule has 0 fully saturated rings. The molecule has 2 aromatic carbocycles. The Balaban J connectivity index is 2.04. The van der Waals surface area contributed by atoms with Gasteiger partial charge < -0.3 is 18.9 Å². The zero-order valence-electron chi connectivity index (χ0n) is 13.2. The highest BCUT2D eigenvalue weighted by atomic mass is 16.5. The van der Waals surface area contributed by atoms with Crippen LogP contribution >= 0.6 is 0 Å². The van der Waals surface area contributed by atoms with Crippen LogP contribution in [0, 0.1) is 0 Å². The molecule has 0 saturated heterocycles. The molecule has 0 amide bonds. The summed E-state index contributed by atoms with van der Waals surface area (Å²) in [5, 5.41) is 0. The molecule has 0 saturated carbocycles. The van der Waals surface area contributed by atoms with E-state index in [0.29, 0.717) is 22.8 Å². The molecule has 0 N–H and O–H groups in total. The van der Waals surface area contributed by atoms with Gasteiger partial charge >= 0.3 is 0 Å². The first-order valence-corrected chi connectivity index (χ1v) is 7.23. The summed E-state index contributed by atoms with van der Waals surface area (Å²) in [4.78, 5) is 12.7. The second kappa shape index (κ2) is 6.30. The molecular formula is C18H18O5. The molecule has 23 heavy (non-hydrogen) atoms. The van der Waals surface area contributed by atoms with Crippen molar-refractivity contribution in [1.29, 1.82) is 0 Å². The standard InChI is InChI=1S/C18H18O5/c1-20-12-6-4-5-11(9-12)17-18(22-3)16(19)14-8-7-13(21-2)10-15(14)23-17/h4-10,17-18H,1-3H3/t17-,18+/m0/s1. The van der Waals surface area contributed by atoms with Gasteiger partial charge in [0.2, 0.25) is 0 Å². The first kappa shape index (κ1) is 15.4. The zero-order chi connectivity index (χ0) is 16.4. The number of methoxy groups -OCH3 is 3. The molecule has 3 rings (SSSR count). The predicted molar refractivity (Wildman–Crippen MR) is 84.5 cm³/mol. The number of hydrogen-bond acceptors (Lipinski definition) is 5. The van der Waals surface area contributed by atoms with E-state index in [1.807, 2.05) is 24.3 Å². The number of carbonyl (C=O) groups excluding carboxylic acids is 1. The lowest BCUT2D eigenvalue weighted by Crippen LogP contribution is -2.37. The lowest BCUT2D eigenvalue weighted by Gasteiger charge is -2.32. The van der Waals surface area contributed by atoms with E-state index in [-0.39, 0.29) is 5.78 Å². The molecule has 120 valence electrons. The van der Waals surface area contributed by atoms with Gasteiger partial charge in [0.25, 0.3) is 0 Å². The smallest absolute Gasteiger partial charge is 0.199 e. The molecule has 5 nitrogen and oxygen atoms in total. The van der Waals surface area contributed by atoms with E-state index < -0.39 is 12.2 Å². The minimum Gasteiger partial charge on any atom is -0.497 e. The Hall–Kier alpha value is -2.53. The molecule has 0 unspecified atom stereocenters. The van der Waals surface area contributed by atoms with Crippen LogP contribution in [0.3, 0.4) is 0 Å². The fraction of sp³-hybridized carbons (Fsp3) is 0.278. The van der Waals surface area contributed by atoms with E-state index in [1.54, 1.807) is 32.4 Å². The molecule has 0 bridgehead atoms. The van der Waals surface area contributed by atoms with Crippen LogP contribution in [-0.2, 0) is 4.74 Å². The predicted octanol–water partition coefficient (Wildman–Crippen LogP) is 3.04. The van der Waals surface area contributed by atoms with E-state index in [2.05, 4.69) is 0 Å². The Bertz CT molecular complexity index is 725. The molecular weight excluding hydrogens is 296 g/mol. The van der Waals surface area contributed by atoms with Crippen molar-refractivity contribution in [3.8, 4) is 17.2 Å². The Kier molecular flexibility index (Phi) is 4.21. The molecule has 1 heterocycles. The number of Topliss-reactive ketones (excluding diaryl/α,β-unsaturated/α-hetero) is 1. The summed E-state index contributed by atoms with van der Waals surface area (Å²) in [7, 11) is 4.68. The molecule has 1 aliphatic heterocycles. The molecule has 1 aliphatic rings. The largest absolute Gasteiger partial charge is 0.497 e. The summed E-state index contributed by atoms with van der Waals surface area (Å²) in [6.45, 7) is 0. The highest BCUT2D eigenvalue weighted by molar-refractivity contribution is 6.03. The van der Waals surface area contributed by atoms with Gasteiger partial charge in [-0.25, -0.2) is 0 Å². The summed E-state index contributed by atoms with van der Waals surface area (Å²) in [5.41, 5.74) is 1.31. The summed E-state index contributed by atoms with van der Waals surface area (Å²) in [6, 6.07) is 12.6. The highest BCUT2D eigenvalue weighted by Gasteiger charge is 2.38. The van der Waals surface area contributed by atoms with E-state index in [1.165, 1.54) is 7.11 Å². The monoisotopic (exact) mass is 314 g/mol. The summed E-state index contributed by atoms with van der Waals surface area (Å²) >= 11 is 0. The van der Waals surface area contributed by atoms with Crippen LogP contribution in [0.2, 0.25) is 0 Å². The number of carbonyl (C=O) groups is 1. The van der Waals surface area contributed by atoms with Crippen molar-refractivity contribution in [2.45, 2.75) is 12.2 Å². The number of hydrogen-bond donors (Lipinski definition) is 0. The van der Waals surface area contributed by atoms with Gasteiger partial charge in [-0.3, -0.25) is 4.79 Å². The van der Waals surface area contributed by atoms with Crippen molar-refractivity contribution in [3.05, 3.63) is 53.6 Å². The number of rotatable bonds is 4. The molecule has 0 radical (unpaired) electrons. The molecule has 0 aliphatic carbocycles. The van der Waals surface area contributed by atoms with Crippen molar-refractivity contribution < 1.29 is 23.7 Å². The van der Waals surface area contributed by atoms with E-state index >= 15 is 0 Å². The second-order valence-electron chi connectivity index (χ2n) is 5.20. The zero-order valence-corrected chi connectivity index (χ0v) is 13.2. The molecule has 2 aromatic rings. The van der Waals surface area contributed by atoms with E-state index in [4.69, 9.17) is 18.9 Å². The Morgan fingerprint density at radius 3 is 2.39 bits per heavy atom. The molecule has 0 aromatic heterocycles. The van der Waals surface area contributed by atoms with Gasteiger partial charge in [0.15, 0.2) is 18.0 Å². The highest BCUT2D eigenvalue weighted by Crippen LogP contribution is 2.38. The van der Waals surface area contributed by atoms with Crippen molar-refractivity contribution in [2.75, 3.05) is 21.3 Å². The van der Waals surface area contributed by atoms with E-state index in [0.717, 1.165) is 5.56 Å². The van der Waals surface area contributed by atoms with Gasteiger partial charge in [-0.05, 0) is 29.8 Å². The quantitative estimate of drug-likeness (QED) is 0.868. The van der Waals surface area contributed by atoms with Crippen molar-refractivity contribution >= 4 is 5.78 Å². The number of ether oxygens (including phenoxy) is 4. The maximum Gasteiger partial charge on any atom is 0.199 e. The van der Waals surface area contributed by atoms with Crippen LogP contribution in [0.25, 0.3) is 0 Å². The second-order valence-corrected chi connectivity index (χ2v) is 5.20. The maximum atomic E-state index is 12.7. The Morgan fingerprint density at radius 1 is 0.957 bits per heavy atom. The van der Waals surface area contributed by atoms with E-state index in [9.17, 15) is 4.79 Å². The average Bonchev–Trinajstić information content (AvgIpc) is 2.61. The third-order valence-corrected chi connectivity index (χ3v) is 3.92. The van der Waals surface area contributed by atoms with Gasteiger partial charge in [-0.2, -0.15) is 0 Å². The molecule has 2 atom stereocenters. The third-order valence-electron chi connectivity index (χ3n) is 3.92. The normalized spacial score (nSPS) is 19.7. The lowest BCUT2D eigenvalue weighted by atomic mass is 9.93. The van der Waals surface area contributed by atoms with Crippen LogP contribution < -0.4 is 14.2 Å². The Morgan fingerprint density at radius 2 is 1.70 bits per heavy atom.